The van der Waals surface area contributed by atoms with Crippen molar-refractivity contribution >= 4 is 12.4 Å². The smallest absolute Gasteiger partial charge is 0.320 e. The molecule has 64 valence electrons. The zero-order valence-corrected chi connectivity index (χ0v) is 7.66. The molecule has 0 spiro atoms. The van der Waals surface area contributed by atoms with Crippen molar-refractivity contribution in [3.8, 4) is 5.75 Å². The summed E-state index contributed by atoms with van der Waals surface area (Å²) in [6.45, 7) is 3.31. The molecule has 0 aliphatic heterocycles. The zero-order chi connectivity index (χ0) is 9.14. The summed E-state index contributed by atoms with van der Waals surface area (Å²) in [4.78, 5) is 0. The van der Waals surface area contributed by atoms with Crippen LogP contribution in [0.25, 0.3) is 0 Å². The van der Waals surface area contributed by atoms with Crippen LogP contribution < -0.4 is 10.2 Å². The maximum absolute atomic E-state index is 9.27. The Morgan fingerprint density at radius 2 is 2.08 bits per heavy atom. The number of benzene rings is 1. The fourth-order valence-corrected chi connectivity index (χ4v) is 1.16. The Balaban J connectivity index is 3.02. The molecule has 1 aromatic carbocycles. The largest absolute Gasteiger partial charge is 0.496 e. The first-order valence-electron chi connectivity index (χ1n) is 3.97. The minimum absolute atomic E-state index is 0.408. The Morgan fingerprint density at radius 3 is 2.50 bits per heavy atom. The quantitative estimate of drug-likeness (QED) is 0.655. The van der Waals surface area contributed by atoms with E-state index >= 15 is 0 Å². The normalized spacial score (nSPS) is 9.67. The van der Waals surface area contributed by atoms with Crippen molar-refractivity contribution in [1.82, 2.24) is 0 Å². The second-order valence-corrected chi connectivity index (χ2v) is 2.91. The van der Waals surface area contributed by atoms with Gasteiger partial charge in [0.2, 0.25) is 0 Å². The zero-order valence-electron chi connectivity index (χ0n) is 7.66. The van der Waals surface area contributed by atoms with Gasteiger partial charge in [0.1, 0.15) is 5.75 Å². The molecule has 3 heteroatoms. The van der Waals surface area contributed by atoms with Crippen LogP contribution in [0.4, 0.5) is 0 Å². The van der Waals surface area contributed by atoms with Gasteiger partial charge in [0.25, 0.3) is 0 Å². The Kier molecular flexibility index (Phi) is 2.76. The summed E-state index contributed by atoms with van der Waals surface area (Å²) < 4.78 is 5.10. The van der Waals surface area contributed by atoms with Gasteiger partial charge in [-0.1, -0.05) is 19.0 Å². The average Bonchev–Trinajstić information content (AvgIpc) is 2.04. The molecule has 1 rings (SSSR count). The highest BCUT2D eigenvalue weighted by molar-refractivity contribution is 6.64. The third-order valence-corrected chi connectivity index (χ3v) is 1.90. The van der Waals surface area contributed by atoms with Crippen LogP contribution in [-0.4, -0.2) is 19.0 Å². The van der Waals surface area contributed by atoms with E-state index in [2.05, 4.69) is 0 Å². The second-order valence-electron chi connectivity index (χ2n) is 2.91. The Morgan fingerprint density at radius 1 is 1.42 bits per heavy atom. The van der Waals surface area contributed by atoms with Crippen LogP contribution in [0.15, 0.2) is 18.2 Å². The number of ether oxygens (including phenoxy) is 1. The van der Waals surface area contributed by atoms with Gasteiger partial charge >= 0.3 is 6.92 Å². The predicted molar refractivity (Wildman–Crippen MR) is 51.2 cm³/mol. The van der Waals surface area contributed by atoms with Crippen molar-refractivity contribution in [2.75, 3.05) is 7.11 Å². The lowest BCUT2D eigenvalue weighted by molar-refractivity contribution is 0.412. The molecule has 0 aromatic heterocycles. The van der Waals surface area contributed by atoms with Crippen molar-refractivity contribution in [3.63, 3.8) is 0 Å². The summed E-state index contributed by atoms with van der Waals surface area (Å²) in [6.07, 6.45) is 0. The third kappa shape index (κ3) is 1.80. The van der Waals surface area contributed by atoms with E-state index < -0.39 is 6.92 Å². The van der Waals surface area contributed by atoms with Crippen LogP contribution in [0.5, 0.6) is 5.75 Å². The van der Waals surface area contributed by atoms with Crippen LogP contribution in [-0.2, 0) is 0 Å². The molecule has 0 amide bonds. The van der Waals surface area contributed by atoms with Gasteiger partial charge in [0.15, 0.2) is 0 Å². The fourth-order valence-electron chi connectivity index (χ4n) is 1.16. The lowest BCUT2D eigenvalue weighted by atomic mass is 9.64. The molecule has 0 bridgehead atoms. The van der Waals surface area contributed by atoms with E-state index in [0.717, 1.165) is 16.8 Å². The van der Waals surface area contributed by atoms with E-state index in [9.17, 15) is 5.02 Å². The molecule has 0 saturated heterocycles. The molecule has 12 heavy (non-hydrogen) atoms. The molecule has 0 unspecified atom stereocenters. The lowest BCUT2D eigenvalue weighted by Gasteiger charge is -2.06. The van der Waals surface area contributed by atoms with E-state index in [1.165, 1.54) is 0 Å². The van der Waals surface area contributed by atoms with Crippen molar-refractivity contribution < 1.29 is 9.76 Å². The molecule has 0 saturated carbocycles. The van der Waals surface area contributed by atoms with Crippen LogP contribution >= 0.6 is 0 Å². The highest BCUT2D eigenvalue weighted by atomic mass is 16.5. The van der Waals surface area contributed by atoms with Gasteiger partial charge in [-0.05, 0) is 24.0 Å². The summed E-state index contributed by atoms with van der Waals surface area (Å²) >= 11 is 0. The van der Waals surface area contributed by atoms with Crippen molar-refractivity contribution in [3.05, 3.63) is 23.8 Å². The second kappa shape index (κ2) is 3.63. The molecule has 1 N–H and O–H groups in total. The molecule has 0 heterocycles. The first-order chi connectivity index (χ1) is 5.65. The summed E-state index contributed by atoms with van der Waals surface area (Å²) in [5, 5.41) is 9.27. The highest BCUT2D eigenvalue weighted by Gasteiger charge is 2.07. The highest BCUT2D eigenvalue weighted by Crippen LogP contribution is 2.14. The summed E-state index contributed by atoms with van der Waals surface area (Å²) in [5.74, 6) is 0.861. The summed E-state index contributed by atoms with van der Waals surface area (Å²) in [6, 6.07) is 5.68. The Labute approximate surface area is 73.3 Å². The summed E-state index contributed by atoms with van der Waals surface area (Å²) in [5.41, 5.74) is 1.98. The van der Waals surface area contributed by atoms with Gasteiger partial charge in [0, 0.05) is 0 Å². The first-order valence-corrected chi connectivity index (χ1v) is 3.97. The van der Waals surface area contributed by atoms with Gasteiger partial charge in [-0.2, -0.15) is 0 Å². The fraction of sp³-hybridized carbons (Fsp3) is 0.333. The molecule has 0 atom stereocenters. The van der Waals surface area contributed by atoms with Crippen LogP contribution in [0.2, 0.25) is 6.82 Å². The van der Waals surface area contributed by atoms with Gasteiger partial charge < -0.3 is 9.76 Å². The van der Waals surface area contributed by atoms with E-state index in [4.69, 9.17) is 4.74 Å². The Hall–Kier alpha value is -0.955. The van der Waals surface area contributed by atoms with E-state index in [-0.39, 0.29) is 0 Å². The van der Waals surface area contributed by atoms with Crippen molar-refractivity contribution in [1.29, 1.82) is 0 Å². The SMILES string of the molecule is COc1ccc(B(C)O)cc1C. The molecular formula is C9H13BO2. The maximum atomic E-state index is 9.27. The van der Waals surface area contributed by atoms with Crippen molar-refractivity contribution in [2.45, 2.75) is 13.7 Å². The van der Waals surface area contributed by atoms with E-state index in [0.29, 0.717) is 0 Å². The minimum Gasteiger partial charge on any atom is -0.496 e. The number of hydrogen-bond acceptors (Lipinski definition) is 2. The number of rotatable bonds is 2. The van der Waals surface area contributed by atoms with Crippen molar-refractivity contribution in [2.24, 2.45) is 0 Å². The molecule has 2 nitrogen and oxygen atoms in total. The molecule has 0 aliphatic carbocycles. The third-order valence-electron chi connectivity index (χ3n) is 1.90. The van der Waals surface area contributed by atoms with Gasteiger partial charge in [0.05, 0.1) is 7.11 Å². The standard InChI is InChI=1S/C9H13BO2/c1-7-6-8(10(2)11)4-5-9(7)12-3/h4-6,11H,1-3H3. The van der Waals surface area contributed by atoms with Crippen LogP contribution in [0.3, 0.4) is 0 Å². The number of aryl methyl sites for hydroxylation is 1. The Bertz CT molecular complexity index is 271. The van der Waals surface area contributed by atoms with Crippen LogP contribution in [0.1, 0.15) is 5.56 Å². The molecule has 0 fully saturated rings. The average molecular weight is 164 g/mol. The molecule has 1 aromatic rings. The van der Waals surface area contributed by atoms with E-state index in [1.54, 1.807) is 13.9 Å². The van der Waals surface area contributed by atoms with Crippen LogP contribution in [0, 0.1) is 6.92 Å². The van der Waals surface area contributed by atoms with Gasteiger partial charge in [-0.15, -0.1) is 0 Å². The van der Waals surface area contributed by atoms with Gasteiger partial charge in [-0.3, -0.25) is 0 Å². The van der Waals surface area contributed by atoms with Gasteiger partial charge in [-0.25, -0.2) is 0 Å². The topological polar surface area (TPSA) is 29.5 Å². The maximum Gasteiger partial charge on any atom is 0.320 e. The van der Waals surface area contributed by atoms with E-state index in [1.807, 2.05) is 25.1 Å². The lowest BCUT2D eigenvalue weighted by Crippen LogP contribution is -2.26. The monoisotopic (exact) mass is 164 g/mol. The number of hydrogen-bond donors (Lipinski definition) is 1. The molecular weight excluding hydrogens is 151 g/mol. The summed E-state index contributed by atoms with van der Waals surface area (Å²) in [7, 11) is 1.64. The molecule has 0 aliphatic rings. The minimum atomic E-state index is -0.408. The first kappa shape index (κ1) is 9.14. The molecule has 0 radical (unpaired) electrons. The predicted octanol–water partition coefficient (Wildman–Crippen LogP) is 0.824. The number of methoxy groups -OCH3 is 1.